The van der Waals surface area contributed by atoms with Gasteiger partial charge in [0.2, 0.25) is 0 Å². The molecule has 1 aliphatic heterocycles. The molecule has 1 aromatic carbocycles. The van der Waals surface area contributed by atoms with Gasteiger partial charge >= 0.3 is 0 Å². The lowest BCUT2D eigenvalue weighted by Gasteiger charge is -2.19. The van der Waals surface area contributed by atoms with Crippen LogP contribution < -0.4 is 4.90 Å². The van der Waals surface area contributed by atoms with E-state index in [9.17, 15) is 10.2 Å². The fourth-order valence-corrected chi connectivity index (χ4v) is 1.88. The molecular formula is C11H15NO2. The Morgan fingerprint density at radius 2 is 1.71 bits per heavy atom. The molecule has 1 aliphatic rings. The predicted molar refractivity (Wildman–Crippen MR) is 55.4 cm³/mol. The van der Waals surface area contributed by atoms with Gasteiger partial charge in [-0.2, -0.15) is 0 Å². The Kier molecular flexibility index (Phi) is 2.44. The van der Waals surface area contributed by atoms with Crippen LogP contribution in [0.3, 0.4) is 0 Å². The van der Waals surface area contributed by atoms with Crippen molar-refractivity contribution in [1.82, 2.24) is 0 Å². The van der Waals surface area contributed by atoms with E-state index in [0.29, 0.717) is 13.1 Å². The maximum absolute atomic E-state index is 9.43. The SMILES string of the molecule is Cc1ccccc1N1C[C@@H](O)[C@H](O)C1. The second-order valence-corrected chi connectivity index (χ2v) is 3.83. The molecular weight excluding hydrogens is 178 g/mol. The molecule has 1 saturated heterocycles. The number of aliphatic hydroxyl groups excluding tert-OH is 2. The number of benzene rings is 1. The maximum Gasteiger partial charge on any atom is 0.0990 e. The van der Waals surface area contributed by atoms with Crippen LogP contribution in [0.15, 0.2) is 24.3 Å². The number of hydrogen-bond acceptors (Lipinski definition) is 3. The highest BCUT2D eigenvalue weighted by Gasteiger charge is 2.29. The van der Waals surface area contributed by atoms with Crippen LogP contribution in [0, 0.1) is 6.92 Å². The van der Waals surface area contributed by atoms with Crippen molar-refractivity contribution in [3.63, 3.8) is 0 Å². The van der Waals surface area contributed by atoms with Crippen molar-refractivity contribution >= 4 is 5.69 Å². The molecule has 0 aromatic heterocycles. The summed E-state index contributed by atoms with van der Waals surface area (Å²) in [5.41, 5.74) is 2.27. The molecule has 0 radical (unpaired) electrons. The van der Waals surface area contributed by atoms with Crippen LogP contribution >= 0.6 is 0 Å². The van der Waals surface area contributed by atoms with E-state index in [1.165, 1.54) is 5.56 Å². The third-order valence-corrected chi connectivity index (χ3v) is 2.72. The zero-order valence-corrected chi connectivity index (χ0v) is 8.22. The highest BCUT2D eigenvalue weighted by molar-refractivity contribution is 5.54. The molecule has 0 unspecified atom stereocenters. The molecule has 1 fully saturated rings. The lowest BCUT2D eigenvalue weighted by molar-refractivity contribution is 0.0572. The summed E-state index contributed by atoms with van der Waals surface area (Å²) in [7, 11) is 0. The van der Waals surface area contributed by atoms with Crippen molar-refractivity contribution in [3.8, 4) is 0 Å². The summed E-state index contributed by atoms with van der Waals surface area (Å²) >= 11 is 0. The Morgan fingerprint density at radius 1 is 1.14 bits per heavy atom. The molecule has 0 spiro atoms. The summed E-state index contributed by atoms with van der Waals surface area (Å²) in [4.78, 5) is 2.02. The van der Waals surface area contributed by atoms with Crippen molar-refractivity contribution in [2.45, 2.75) is 19.1 Å². The van der Waals surface area contributed by atoms with Crippen LogP contribution in [0.25, 0.3) is 0 Å². The normalized spacial score (nSPS) is 26.9. The average molecular weight is 193 g/mol. The number of aliphatic hydroxyl groups is 2. The van der Waals surface area contributed by atoms with Crippen molar-refractivity contribution in [3.05, 3.63) is 29.8 Å². The molecule has 0 saturated carbocycles. The second-order valence-electron chi connectivity index (χ2n) is 3.83. The zero-order valence-electron chi connectivity index (χ0n) is 8.22. The summed E-state index contributed by atoms with van der Waals surface area (Å²) in [5, 5.41) is 18.9. The molecule has 0 aliphatic carbocycles. The first-order chi connectivity index (χ1) is 6.68. The number of β-amino-alcohol motifs (C(OH)–C–C–N with tert-alkyl or cyclic N) is 2. The quantitative estimate of drug-likeness (QED) is 0.684. The molecule has 76 valence electrons. The molecule has 0 bridgehead atoms. The van der Waals surface area contributed by atoms with Crippen LogP contribution in [0.5, 0.6) is 0 Å². The molecule has 2 atom stereocenters. The van der Waals surface area contributed by atoms with Gasteiger partial charge in [0.05, 0.1) is 12.2 Å². The fourth-order valence-electron chi connectivity index (χ4n) is 1.88. The van der Waals surface area contributed by atoms with Crippen LogP contribution in [-0.2, 0) is 0 Å². The number of aryl methyl sites for hydroxylation is 1. The molecule has 0 amide bonds. The summed E-state index contributed by atoms with van der Waals surface area (Å²) in [6, 6.07) is 8.01. The fraction of sp³-hybridized carbons (Fsp3) is 0.455. The summed E-state index contributed by atoms with van der Waals surface area (Å²) in [6.07, 6.45) is -1.23. The van der Waals surface area contributed by atoms with E-state index in [1.807, 2.05) is 36.1 Å². The van der Waals surface area contributed by atoms with Gasteiger partial charge in [0.1, 0.15) is 0 Å². The number of nitrogens with zero attached hydrogens (tertiary/aromatic N) is 1. The maximum atomic E-state index is 9.43. The minimum Gasteiger partial charge on any atom is -0.389 e. The minimum atomic E-state index is -0.616. The highest BCUT2D eigenvalue weighted by Crippen LogP contribution is 2.23. The molecule has 3 heteroatoms. The third kappa shape index (κ3) is 1.61. The van der Waals surface area contributed by atoms with Crippen molar-refractivity contribution < 1.29 is 10.2 Å². The largest absolute Gasteiger partial charge is 0.389 e. The first kappa shape index (κ1) is 9.49. The number of para-hydroxylation sites is 1. The van der Waals surface area contributed by atoms with E-state index in [2.05, 4.69) is 0 Å². The van der Waals surface area contributed by atoms with Crippen molar-refractivity contribution in [1.29, 1.82) is 0 Å². The topological polar surface area (TPSA) is 43.7 Å². The smallest absolute Gasteiger partial charge is 0.0990 e. The van der Waals surface area contributed by atoms with Gasteiger partial charge < -0.3 is 15.1 Å². The average Bonchev–Trinajstić information content (AvgIpc) is 2.48. The van der Waals surface area contributed by atoms with E-state index in [0.717, 1.165) is 5.69 Å². The van der Waals surface area contributed by atoms with Crippen molar-refractivity contribution in [2.24, 2.45) is 0 Å². The van der Waals surface area contributed by atoms with E-state index < -0.39 is 12.2 Å². The van der Waals surface area contributed by atoms with Gasteiger partial charge in [-0.15, -0.1) is 0 Å². The van der Waals surface area contributed by atoms with Gasteiger partial charge in [-0.25, -0.2) is 0 Å². The van der Waals surface area contributed by atoms with Gasteiger partial charge in [-0.3, -0.25) is 0 Å². The van der Waals surface area contributed by atoms with Crippen LogP contribution in [0.4, 0.5) is 5.69 Å². The van der Waals surface area contributed by atoms with E-state index in [1.54, 1.807) is 0 Å². The summed E-state index contributed by atoms with van der Waals surface area (Å²) in [6.45, 7) is 3.07. The van der Waals surface area contributed by atoms with Crippen molar-refractivity contribution in [2.75, 3.05) is 18.0 Å². The van der Waals surface area contributed by atoms with E-state index in [4.69, 9.17) is 0 Å². The number of rotatable bonds is 1. The lowest BCUT2D eigenvalue weighted by Crippen LogP contribution is -2.22. The Bertz CT molecular complexity index is 317. The van der Waals surface area contributed by atoms with Gasteiger partial charge in [-0.05, 0) is 18.6 Å². The minimum absolute atomic E-state index is 0.520. The Balaban J connectivity index is 2.21. The summed E-state index contributed by atoms with van der Waals surface area (Å²) in [5.74, 6) is 0. The van der Waals surface area contributed by atoms with Gasteiger partial charge in [0.15, 0.2) is 0 Å². The third-order valence-electron chi connectivity index (χ3n) is 2.72. The standard InChI is InChI=1S/C11H15NO2/c1-8-4-2-3-5-9(8)12-6-10(13)11(14)7-12/h2-5,10-11,13-14H,6-7H2,1H3/t10-,11-/m1/s1. The first-order valence-corrected chi connectivity index (χ1v) is 4.85. The molecule has 3 nitrogen and oxygen atoms in total. The molecule has 1 heterocycles. The van der Waals surface area contributed by atoms with Gasteiger partial charge in [-0.1, -0.05) is 18.2 Å². The number of hydrogen-bond donors (Lipinski definition) is 2. The predicted octanol–water partition coefficient (Wildman–Crippen LogP) is 0.537. The number of anilines is 1. The molecule has 1 aromatic rings. The van der Waals surface area contributed by atoms with Crippen LogP contribution in [0.1, 0.15) is 5.56 Å². The first-order valence-electron chi connectivity index (χ1n) is 4.85. The lowest BCUT2D eigenvalue weighted by atomic mass is 10.2. The van der Waals surface area contributed by atoms with Gasteiger partial charge in [0.25, 0.3) is 0 Å². The van der Waals surface area contributed by atoms with E-state index >= 15 is 0 Å². The van der Waals surface area contributed by atoms with E-state index in [-0.39, 0.29) is 0 Å². The summed E-state index contributed by atoms with van der Waals surface area (Å²) < 4.78 is 0. The van der Waals surface area contributed by atoms with Crippen LogP contribution in [-0.4, -0.2) is 35.5 Å². The monoisotopic (exact) mass is 193 g/mol. The zero-order chi connectivity index (χ0) is 10.1. The molecule has 14 heavy (non-hydrogen) atoms. The molecule has 2 rings (SSSR count). The Labute approximate surface area is 83.6 Å². The van der Waals surface area contributed by atoms with Crippen LogP contribution in [0.2, 0.25) is 0 Å². The Hall–Kier alpha value is -1.06. The Morgan fingerprint density at radius 3 is 2.29 bits per heavy atom. The van der Waals surface area contributed by atoms with Gasteiger partial charge in [0, 0.05) is 18.8 Å². The highest BCUT2D eigenvalue weighted by atomic mass is 16.3. The second kappa shape index (κ2) is 3.59. The molecule has 2 N–H and O–H groups in total.